The van der Waals surface area contributed by atoms with Gasteiger partial charge in [-0.1, -0.05) is 24.3 Å². The minimum Gasteiger partial charge on any atom is -0.346 e. The van der Waals surface area contributed by atoms with Crippen molar-refractivity contribution in [3.8, 4) is 0 Å². The van der Waals surface area contributed by atoms with E-state index in [0.717, 1.165) is 43.6 Å². The molecule has 1 unspecified atom stereocenters. The first kappa shape index (κ1) is 17.5. The van der Waals surface area contributed by atoms with E-state index in [1.807, 2.05) is 27.7 Å². The minimum absolute atomic E-state index is 0.0777. The van der Waals surface area contributed by atoms with Gasteiger partial charge in [-0.05, 0) is 44.2 Å². The lowest BCUT2D eigenvalue weighted by molar-refractivity contribution is 0.0942. The van der Waals surface area contributed by atoms with Gasteiger partial charge in [0.2, 0.25) is 0 Å². The first-order chi connectivity index (χ1) is 13.1. The Labute approximate surface area is 158 Å². The molecule has 0 aliphatic carbocycles. The number of nitrogens with zero attached hydrogens (tertiary/aromatic N) is 3. The molecule has 2 aliphatic rings. The zero-order valence-electron chi connectivity index (χ0n) is 15.6. The van der Waals surface area contributed by atoms with Crippen LogP contribution < -0.4 is 10.2 Å². The van der Waals surface area contributed by atoms with Crippen LogP contribution in [-0.2, 0) is 19.4 Å². The summed E-state index contributed by atoms with van der Waals surface area (Å²) in [6, 6.07) is 8.08. The van der Waals surface area contributed by atoms with Crippen LogP contribution in [0.3, 0.4) is 0 Å². The van der Waals surface area contributed by atoms with Crippen LogP contribution in [0, 0.1) is 0 Å². The number of fused-ring (bicyclic) bond motifs is 2. The summed E-state index contributed by atoms with van der Waals surface area (Å²) in [4.78, 5) is 32.3. The predicted octanol–water partition coefficient (Wildman–Crippen LogP) is 2.73. The molecular weight excluding hydrogens is 340 g/mol. The zero-order chi connectivity index (χ0) is 19.0. The summed E-state index contributed by atoms with van der Waals surface area (Å²) in [7, 11) is 0. The van der Waals surface area contributed by atoms with Crippen molar-refractivity contribution in [1.82, 2.24) is 14.9 Å². The van der Waals surface area contributed by atoms with Gasteiger partial charge in [0.05, 0.1) is 5.69 Å². The van der Waals surface area contributed by atoms with Gasteiger partial charge in [-0.15, -0.1) is 6.58 Å². The van der Waals surface area contributed by atoms with Crippen molar-refractivity contribution < 1.29 is 9.59 Å². The van der Waals surface area contributed by atoms with Crippen LogP contribution in [-0.4, -0.2) is 34.0 Å². The van der Waals surface area contributed by atoms with Crippen molar-refractivity contribution in [3.05, 3.63) is 59.7 Å². The number of benzene rings is 1. The third-order valence-electron chi connectivity index (χ3n) is 5.36. The molecule has 6 nitrogen and oxygen atoms in total. The molecule has 1 aromatic carbocycles. The number of rotatable bonds is 4. The summed E-state index contributed by atoms with van der Waals surface area (Å²) in [5, 5.41) is 2.78. The molecule has 2 aromatic rings. The van der Waals surface area contributed by atoms with E-state index >= 15 is 0 Å². The number of imidazole rings is 1. The van der Waals surface area contributed by atoms with Crippen molar-refractivity contribution >= 4 is 17.5 Å². The van der Waals surface area contributed by atoms with E-state index in [1.165, 1.54) is 5.56 Å². The van der Waals surface area contributed by atoms with Crippen molar-refractivity contribution in [2.45, 2.75) is 45.2 Å². The smallest absolute Gasteiger partial charge is 0.287 e. The molecular formula is C21H24N4O2. The van der Waals surface area contributed by atoms with Crippen LogP contribution in [0.1, 0.15) is 52.1 Å². The van der Waals surface area contributed by atoms with Gasteiger partial charge < -0.3 is 14.8 Å². The second-order valence-electron chi connectivity index (χ2n) is 7.20. The highest BCUT2D eigenvalue weighted by atomic mass is 16.2. The quantitative estimate of drug-likeness (QED) is 0.849. The Kier molecular flexibility index (Phi) is 4.56. The highest BCUT2D eigenvalue weighted by molar-refractivity contribution is 6.08. The molecule has 0 bridgehead atoms. The lowest BCUT2D eigenvalue weighted by atomic mass is 10.1. The monoisotopic (exact) mass is 364 g/mol. The number of amides is 2. The Balaban J connectivity index is 1.73. The van der Waals surface area contributed by atoms with Gasteiger partial charge in [-0.25, -0.2) is 4.98 Å². The normalized spacial score (nSPS) is 18.0. The first-order valence-electron chi connectivity index (χ1n) is 9.51. The third kappa shape index (κ3) is 2.95. The number of hydrogen-bond acceptors (Lipinski definition) is 3. The Morgan fingerprint density at radius 2 is 2.15 bits per heavy atom. The molecule has 1 atom stereocenters. The van der Waals surface area contributed by atoms with Gasteiger partial charge >= 0.3 is 0 Å². The summed E-state index contributed by atoms with van der Waals surface area (Å²) >= 11 is 0. The van der Waals surface area contributed by atoms with Crippen LogP contribution in [0.25, 0.3) is 0 Å². The molecule has 27 heavy (non-hydrogen) atoms. The van der Waals surface area contributed by atoms with Crippen LogP contribution in [0.2, 0.25) is 0 Å². The lowest BCUT2D eigenvalue weighted by Gasteiger charge is -2.23. The molecule has 0 fully saturated rings. The van der Waals surface area contributed by atoms with Crippen molar-refractivity contribution in [2.75, 3.05) is 11.4 Å². The number of hydrogen-bond donors (Lipinski definition) is 1. The summed E-state index contributed by atoms with van der Waals surface area (Å²) < 4.78 is 1.92. The van der Waals surface area contributed by atoms with E-state index in [2.05, 4.69) is 29.9 Å². The molecule has 1 N–H and O–H groups in total. The van der Waals surface area contributed by atoms with Crippen LogP contribution >= 0.6 is 0 Å². The maximum Gasteiger partial charge on any atom is 0.287 e. The molecule has 0 spiro atoms. The molecule has 140 valence electrons. The van der Waals surface area contributed by atoms with Crippen molar-refractivity contribution in [1.29, 1.82) is 0 Å². The number of carbonyl (C=O) groups is 2. The Hall–Kier alpha value is -2.89. The molecule has 0 saturated heterocycles. The maximum absolute atomic E-state index is 13.4. The summed E-state index contributed by atoms with van der Waals surface area (Å²) in [5.41, 5.74) is 3.43. The van der Waals surface area contributed by atoms with Gasteiger partial charge in [-0.2, -0.15) is 0 Å². The number of carbonyl (C=O) groups excluding carboxylic acids is 2. The van der Waals surface area contributed by atoms with Crippen molar-refractivity contribution in [3.63, 3.8) is 0 Å². The lowest BCUT2D eigenvalue weighted by Crippen LogP contribution is -2.36. The average Bonchev–Trinajstić information content (AvgIpc) is 3.23. The summed E-state index contributed by atoms with van der Waals surface area (Å²) in [6.07, 6.45) is 5.23. The Morgan fingerprint density at radius 3 is 2.96 bits per heavy atom. The molecule has 2 aliphatic heterocycles. The molecule has 6 heteroatoms. The second kappa shape index (κ2) is 7.02. The standard InChI is InChI=1S/C21H24N4O2/c1-3-11-22-20(26)19-23-18(17-10-6-7-12-24(17)19)21(27)25-14(2)13-15-8-4-5-9-16(15)25/h3-5,8-9,14H,1,6-7,10-13H2,2H3,(H,22,26). The van der Waals surface area contributed by atoms with Gasteiger partial charge in [0.25, 0.3) is 11.8 Å². The predicted molar refractivity (Wildman–Crippen MR) is 104 cm³/mol. The third-order valence-corrected chi connectivity index (χ3v) is 5.36. The Morgan fingerprint density at radius 1 is 1.33 bits per heavy atom. The molecule has 0 radical (unpaired) electrons. The number of para-hydroxylation sites is 1. The highest BCUT2D eigenvalue weighted by Crippen LogP contribution is 2.34. The van der Waals surface area contributed by atoms with E-state index in [9.17, 15) is 9.59 Å². The van der Waals surface area contributed by atoms with E-state index < -0.39 is 0 Å². The number of anilines is 1. The van der Waals surface area contributed by atoms with Gasteiger partial charge in [0, 0.05) is 24.8 Å². The van der Waals surface area contributed by atoms with E-state index in [0.29, 0.717) is 18.1 Å². The van der Waals surface area contributed by atoms with E-state index in [-0.39, 0.29) is 17.9 Å². The SMILES string of the molecule is C=CCNC(=O)c1nc(C(=O)N2c3ccccc3CC2C)c2n1CCCC2. The summed E-state index contributed by atoms with van der Waals surface area (Å²) in [5.74, 6) is -0.0390. The summed E-state index contributed by atoms with van der Waals surface area (Å²) in [6.45, 7) is 6.78. The van der Waals surface area contributed by atoms with Crippen LogP contribution in [0.15, 0.2) is 36.9 Å². The number of nitrogens with one attached hydrogen (secondary N) is 1. The molecule has 0 saturated carbocycles. The fraction of sp³-hybridized carbons (Fsp3) is 0.381. The minimum atomic E-state index is -0.257. The highest BCUT2D eigenvalue weighted by Gasteiger charge is 2.35. The van der Waals surface area contributed by atoms with E-state index in [1.54, 1.807) is 6.08 Å². The molecule has 4 rings (SSSR count). The van der Waals surface area contributed by atoms with Crippen LogP contribution in [0.5, 0.6) is 0 Å². The maximum atomic E-state index is 13.4. The van der Waals surface area contributed by atoms with Gasteiger partial charge in [0.1, 0.15) is 0 Å². The van der Waals surface area contributed by atoms with E-state index in [4.69, 9.17) is 0 Å². The molecule has 2 amide bonds. The Bertz CT molecular complexity index is 915. The fourth-order valence-electron chi connectivity index (χ4n) is 4.12. The van der Waals surface area contributed by atoms with Gasteiger partial charge in [0.15, 0.2) is 11.5 Å². The zero-order valence-corrected chi connectivity index (χ0v) is 15.6. The number of aromatic nitrogens is 2. The average molecular weight is 364 g/mol. The van der Waals surface area contributed by atoms with Crippen molar-refractivity contribution in [2.24, 2.45) is 0 Å². The molecule has 1 aromatic heterocycles. The largest absolute Gasteiger partial charge is 0.346 e. The first-order valence-corrected chi connectivity index (χ1v) is 9.51. The fourth-order valence-corrected chi connectivity index (χ4v) is 4.12. The van der Waals surface area contributed by atoms with Gasteiger partial charge in [-0.3, -0.25) is 9.59 Å². The molecule has 3 heterocycles. The second-order valence-corrected chi connectivity index (χ2v) is 7.20. The van der Waals surface area contributed by atoms with Crippen LogP contribution in [0.4, 0.5) is 5.69 Å². The topological polar surface area (TPSA) is 67.2 Å².